The van der Waals surface area contributed by atoms with E-state index in [1.807, 2.05) is 13.8 Å². The first-order valence-corrected chi connectivity index (χ1v) is 9.17. The Balaban J connectivity index is 1.69. The Morgan fingerprint density at radius 3 is 2.43 bits per heavy atom. The van der Waals surface area contributed by atoms with Crippen LogP contribution in [0.1, 0.15) is 65.7 Å². The van der Waals surface area contributed by atoms with Crippen molar-refractivity contribution in [3.63, 3.8) is 0 Å². The van der Waals surface area contributed by atoms with E-state index in [1.54, 1.807) is 0 Å². The summed E-state index contributed by atoms with van der Waals surface area (Å²) >= 11 is 0. The van der Waals surface area contributed by atoms with Crippen LogP contribution in [-0.2, 0) is 14.3 Å². The molecule has 4 fully saturated rings. The van der Waals surface area contributed by atoms with Gasteiger partial charge in [-0.15, -0.1) is 0 Å². The van der Waals surface area contributed by atoms with E-state index < -0.39 is 11.0 Å². The van der Waals surface area contributed by atoms with E-state index >= 15 is 0 Å². The van der Waals surface area contributed by atoms with Crippen LogP contribution < -0.4 is 0 Å². The molecule has 0 spiro atoms. The quantitative estimate of drug-likeness (QED) is 0.550. The number of hydrogen-bond donors (Lipinski definition) is 1. The van der Waals surface area contributed by atoms with Crippen molar-refractivity contribution in [1.82, 2.24) is 0 Å². The average Bonchev–Trinajstić information content (AvgIpc) is 2.71. The first-order valence-electron chi connectivity index (χ1n) is 9.17. The molecular weight excluding hydrogens is 292 g/mol. The average molecular weight is 320 g/mol. The molecule has 1 aliphatic heterocycles. The lowest BCUT2D eigenvalue weighted by atomic mass is 9.46. The maximum atomic E-state index is 12.6. The van der Waals surface area contributed by atoms with E-state index in [2.05, 4.69) is 6.92 Å². The van der Waals surface area contributed by atoms with Crippen molar-refractivity contribution < 1.29 is 19.4 Å². The minimum Gasteiger partial charge on any atom is -0.393 e. The Morgan fingerprint density at radius 2 is 1.70 bits per heavy atom. The van der Waals surface area contributed by atoms with Crippen LogP contribution in [0.3, 0.4) is 0 Å². The van der Waals surface area contributed by atoms with Crippen LogP contribution in [0.15, 0.2) is 0 Å². The molecule has 1 saturated heterocycles. The molecule has 0 aromatic heterocycles. The number of aliphatic hydroxyl groups is 1. The molecule has 4 nitrogen and oxygen atoms in total. The summed E-state index contributed by atoms with van der Waals surface area (Å²) in [7, 11) is 0. The highest BCUT2D eigenvalue weighted by atomic mass is 16.6. The first-order chi connectivity index (χ1) is 10.7. The zero-order chi connectivity index (χ0) is 16.6. The number of cyclic esters (lactones) is 2. The maximum Gasteiger partial charge on any atom is 0.320 e. The van der Waals surface area contributed by atoms with Gasteiger partial charge >= 0.3 is 11.9 Å². The minimum absolute atomic E-state index is 0.0360. The van der Waals surface area contributed by atoms with Crippen molar-refractivity contribution >= 4 is 11.9 Å². The number of ether oxygens (including phenoxy) is 1. The Morgan fingerprint density at radius 1 is 1.00 bits per heavy atom. The molecule has 0 radical (unpaired) electrons. The second kappa shape index (κ2) is 4.59. The van der Waals surface area contributed by atoms with Crippen molar-refractivity contribution in [1.29, 1.82) is 0 Å². The highest BCUT2D eigenvalue weighted by Gasteiger charge is 2.65. The number of fused-ring (bicyclic) bond motifs is 5. The van der Waals surface area contributed by atoms with E-state index in [-0.39, 0.29) is 23.3 Å². The van der Waals surface area contributed by atoms with Gasteiger partial charge in [0.1, 0.15) is 0 Å². The number of hydrogen-bond acceptors (Lipinski definition) is 4. The van der Waals surface area contributed by atoms with Gasteiger partial charge in [0, 0.05) is 6.42 Å². The summed E-state index contributed by atoms with van der Waals surface area (Å²) in [6.07, 6.45) is 6.26. The van der Waals surface area contributed by atoms with Gasteiger partial charge in [-0.3, -0.25) is 9.59 Å². The SMILES string of the molecule is CC1(O)CC[C@H]2[C@@H]3CCC4CC(=O)OC(=O)[C@]4(C)[C@@H]3CC[C@@]21C. The molecular formula is C19H28O4. The summed E-state index contributed by atoms with van der Waals surface area (Å²) in [4.78, 5) is 24.3. The predicted octanol–water partition coefficient (Wildman–Crippen LogP) is 3.07. The topological polar surface area (TPSA) is 63.6 Å². The molecule has 3 aliphatic carbocycles. The van der Waals surface area contributed by atoms with Crippen LogP contribution >= 0.6 is 0 Å². The van der Waals surface area contributed by atoms with Crippen molar-refractivity contribution in [2.24, 2.45) is 34.5 Å². The molecule has 3 saturated carbocycles. The second-order valence-corrected chi connectivity index (χ2v) is 9.17. The third kappa shape index (κ3) is 1.82. The van der Waals surface area contributed by atoms with Crippen LogP contribution in [0.5, 0.6) is 0 Å². The van der Waals surface area contributed by atoms with E-state index in [9.17, 15) is 14.7 Å². The normalized spacial score (nSPS) is 55.7. The van der Waals surface area contributed by atoms with Crippen molar-refractivity contribution in [2.45, 2.75) is 71.3 Å². The molecule has 2 unspecified atom stereocenters. The van der Waals surface area contributed by atoms with Gasteiger partial charge in [0.2, 0.25) is 0 Å². The molecule has 0 aromatic carbocycles. The third-order valence-corrected chi connectivity index (χ3v) is 8.53. The maximum absolute atomic E-state index is 12.6. The van der Waals surface area contributed by atoms with Crippen LogP contribution in [0.25, 0.3) is 0 Å². The summed E-state index contributed by atoms with van der Waals surface area (Å²) in [6, 6.07) is 0. The smallest absolute Gasteiger partial charge is 0.320 e. The van der Waals surface area contributed by atoms with Crippen LogP contribution in [-0.4, -0.2) is 22.6 Å². The van der Waals surface area contributed by atoms with Crippen molar-refractivity contribution in [3.05, 3.63) is 0 Å². The Bertz CT molecular complexity index is 568. The highest BCUT2D eigenvalue weighted by molar-refractivity contribution is 5.92. The van der Waals surface area contributed by atoms with E-state index in [1.165, 1.54) is 0 Å². The summed E-state index contributed by atoms with van der Waals surface area (Å²) in [5, 5.41) is 10.9. The molecule has 1 N–H and O–H groups in total. The largest absolute Gasteiger partial charge is 0.393 e. The minimum atomic E-state index is -0.594. The molecule has 7 atom stereocenters. The molecule has 0 amide bonds. The van der Waals surface area contributed by atoms with Gasteiger partial charge in [0.25, 0.3) is 0 Å². The molecule has 128 valence electrons. The number of carbonyl (C=O) groups excluding carboxylic acids is 2. The summed E-state index contributed by atoms with van der Waals surface area (Å²) in [6.45, 7) is 6.28. The lowest BCUT2D eigenvalue weighted by Gasteiger charge is -2.59. The third-order valence-electron chi connectivity index (χ3n) is 8.53. The standard InChI is InChI=1S/C19H28O4/c1-17-8-6-14-12(13(17)7-9-18(17,2)22)5-4-11-10-15(20)23-16(21)19(11,14)3/h11-14,22H,4-10H2,1-3H3/t11?,12-,13-,14+,17-,18?,19-/m0/s1. The zero-order valence-electron chi connectivity index (χ0n) is 14.4. The van der Waals surface area contributed by atoms with E-state index in [0.717, 1.165) is 38.5 Å². The van der Waals surface area contributed by atoms with Crippen molar-refractivity contribution in [3.8, 4) is 0 Å². The number of rotatable bonds is 0. The van der Waals surface area contributed by atoms with Gasteiger partial charge < -0.3 is 9.84 Å². The monoisotopic (exact) mass is 320 g/mol. The molecule has 23 heavy (non-hydrogen) atoms. The van der Waals surface area contributed by atoms with Crippen LogP contribution in [0, 0.1) is 34.5 Å². The molecule has 0 aromatic rings. The summed E-state index contributed by atoms with van der Waals surface area (Å²) in [5.41, 5.74) is -1.14. The van der Waals surface area contributed by atoms with E-state index in [0.29, 0.717) is 24.2 Å². The molecule has 1 heterocycles. The molecule has 4 aliphatic rings. The lowest BCUT2D eigenvalue weighted by molar-refractivity contribution is -0.197. The number of carbonyl (C=O) groups is 2. The fourth-order valence-electron chi connectivity index (χ4n) is 6.76. The fraction of sp³-hybridized carbons (Fsp3) is 0.895. The van der Waals surface area contributed by atoms with Gasteiger partial charge in [0.05, 0.1) is 11.0 Å². The molecule has 0 bridgehead atoms. The Kier molecular flexibility index (Phi) is 3.12. The van der Waals surface area contributed by atoms with Gasteiger partial charge in [-0.2, -0.15) is 0 Å². The predicted molar refractivity (Wildman–Crippen MR) is 84.2 cm³/mol. The number of esters is 2. The van der Waals surface area contributed by atoms with E-state index in [4.69, 9.17) is 4.74 Å². The molecule has 4 heteroatoms. The van der Waals surface area contributed by atoms with Gasteiger partial charge in [0.15, 0.2) is 0 Å². The lowest BCUT2D eigenvalue weighted by Crippen LogP contribution is -2.59. The Labute approximate surface area is 138 Å². The first kappa shape index (κ1) is 15.6. The van der Waals surface area contributed by atoms with Gasteiger partial charge in [-0.25, -0.2) is 0 Å². The van der Waals surface area contributed by atoms with Crippen molar-refractivity contribution in [2.75, 3.05) is 0 Å². The highest BCUT2D eigenvalue weighted by Crippen LogP contribution is 2.67. The summed E-state index contributed by atoms with van der Waals surface area (Å²) in [5.74, 6) is 0.768. The Hall–Kier alpha value is -0.900. The van der Waals surface area contributed by atoms with Gasteiger partial charge in [-0.1, -0.05) is 6.92 Å². The fourth-order valence-corrected chi connectivity index (χ4v) is 6.76. The van der Waals surface area contributed by atoms with Crippen LogP contribution in [0.4, 0.5) is 0 Å². The van der Waals surface area contributed by atoms with Gasteiger partial charge in [-0.05, 0) is 81.5 Å². The zero-order valence-corrected chi connectivity index (χ0v) is 14.4. The molecule has 4 rings (SSSR count). The summed E-state index contributed by atoms with van der Waals surface area (Å²) < 4.78 is 5.06. The second-order valence-electron chi connectivity index (χ2n) is 9.17. The van der Waals surface area contributed by atoms with Crippen LogP contribution in [0.2, 0.25) is 0 Å².